The number of aryl methyl sites for hydroxylation is 1. The topological polar surface area (TPSA) is 66.5 Å². The Morgan fingerprint density at radius 3 is 2.56 bits per heavy atom. The van der Waals surface area contributed by atoms with Gasteiger partial charge in [-0.3, -0.25) is 19.3 Å². The van der Waals surface area contributed by atoms with Crippen LogP contribution in [0.5, 0.6) is 0 Å². The molecule has 5 nitrogen and oxygen atoms in total. The largest absolute Gasteiger partial charge is 0.337 e. The summed E-state index contributed by atoms with van der Waals surface area (Å²) < 4.78 is 0. The summed E-state index contributed by atoms with van der Waals surface area (Å²) in [4.78, 5) is 39.6. The molecular weight excluding hydrogens is 316 g/mol. The van der Waals surface area contributed by atoms with Crippen LogP contribution in [0.4, 0.5) is 0 Å². The van der Waals surface area contributed by atoms with E-state index in [1.807, 2.05) is 43.3 Å². The number of carbonyl (C=O) groups is 3. The molecule has 0 aromatic heterocycles. The van der Waals surface area contributed by atoms with Gasteiger partial charge in [0.15, 0.2) is 0 Å². The second-order valence-corrected chi connectivity index (χ2v) is 7.09. The highest BCUT2D eigenvalue weighted by Crippen LogP contribution is 2.58. The fraction of sp³-hybridized carbons (Fsp3) is 0.250. The quantitative estimate of drug-likeness (QED) is 0.747. The smallest absolute Gasteiger partial charge is 0.252 e. The molecule has 3 unspecified atom stereocenters. The molecule has 0 radical (unpaired) electrons. The van der Waals surface area contributed by atoms with Crippen LogP contribution >= 0.6 is 0 Å². The van der Waals surface area contributed by atoms with Crippen molar-refractivity contribution in [3.63, 3.8) is 0 Å². The Bertz CT molecular complexity index is 996. The van der Waals surface area contributed by atoms with Crippen LogP contribution in [0.25, 0.3) is 0 Å². The zero-order valence-electron chi connectivity index (χ0n) is 13.9. The van der Waals surface area contributed by atoms with Gasteiger partial charge in [-0.2, -0.15) is 0 Å². The minimum atomic E-state index is -0.961. The van der Waals surface area contributed by atoms with Crippen LogP contribution in [0.3, 0.4) is 0 Å². The second-order valence-electron chi connectivity index (χ2n) is 7.09. The van der Waals surface area contributed by atoms with E-state index >= 15 is 0 Å². The number of likely N-dealkylation sites (tertiary alicyclic amines) is 1. The summed E-state index contributed by atoms with van der Waals surface area (Å²) >= 11 is 0. The van der Waals surface area contributed by atoms with Crippen molar-refractivity contribution in [2.24, 2.45) is 5.92 Å². The van der Waals surface area contributed by atoms with Crippen LogP contribution in [0.2, 0.25) is 0 Å². The monoisotopic (exact) mass is 332 g/mol. The summed E-state index contributed by atoms with van der Waals surface area (Å²) in [6.07, 6.45) is 0. The number of imide groups is 1. The molecule has 5 rings (SSSR count). The normalized spacial score (nSPS) is 29.0. The summed E-state index contributed by atoms with van der Waals surface area (Å²) in [5, 5.41) is 3.08. The molecule has 1 N–H and O–H groups in total. The number of nitrogens with zero attached hydrogens (tertiary/aromatic N) is 1. The third-order valence-corrected chi connectivity index (χ3v) is 5.87. The van der Waals surface area contributed by atoms with Gasteiger partial charge in [0.05, 0.1) is 11.8 Å². The number of hydrogen-bond donors (Lipinski definition) is 1. The molecule has 1 saturated heterocycles. The van der Waals surface area contributed by atoms with Crippen molar-refractivity contribution in [3.05, 3.63) is 70.3 Å². The van der Waals surface area contributed by atoms with Crippen molar-refractivity contribution in [3.8, 4) is 0 Å². The first-order valence-electron chi connectivity index (χ1n) is 8.31. The summed E-state index contributed by atoms with van der Waals surface area (Å²) in [6.45, 7) is 1.97. The lowest BCUT2D eigenvalue weighted by Crippen LogP contribution is -2.48. The van der Waals surface area contributed by atoms with Crippen LogP contribution in [0.1, 0.15) is 38.5 Å². The number of fused-ring (bicyclic) bond motifs is 7. The fourth-order valence-corrected chi connectivity index (χ4v) is 4.81. The Balaban J connectivity index is 1.89. The molecule has 124 valence electrons. The first-order chi connectivity index (χ1) is 12.0. The molecule has 3 atom stereocenters. The zero-order valence-corrected chi connectivity index (χ0v) is 13.9. The molecular formula is C20H16N2O3. The standard InChI is InChI=1S/C20H16N2O3/c1-10-7-8-11-14(9-10)20(16-15(11)18(24)22(2)19(16)25)13-6-4-3-5-12(13)17(23)21-20/h3-9,15-16H,1-2H3,(H,21,23). The molecule has 3 amide bonds. The van der Waals surface area contributed by atoms with Gasteiger partial charge in [-0.25, -0.2) is 0 Å². The molecule has 0 bridgehead atoms. The van der Waals surface area contributed by atoms with Crippen molar-refractivity contribution >= 4 is 17.7 Å². The molecule has 2 heterocycles. The highest BCUT2D eigenvalue weighted by Gasteiger charge is 2.66. The summed E-state index contributed by atoms with van der Waals surface area (Å²) in [5.74, 6) is -1.80. The van der Waals surface area contributed by atoms with E-state index in [1.54, 1.807) is 6.07 Å². The average molecular weight is 332 g/mol. The Morgan fingerprint density at radius 1 is 1.00 bits per heavy atom. The van der Waals surface area contributed by atoms with Gasteiger partial charge >= 0.3 is 0 Å². The Hall–Kier alpha value is -2.95. The minimum absolute atomic E-state index is 0.196. The average Bonchev–Trinajstić information content (AvgIpc) is 3.14. The SMILES string of the molecule is Cc1ccc2c(c1)C1(NC(=O)c3ccccc31)C1C(=O)N(C)C(=O)C21. The van der Waals surface area contributed by atoms with Crippen molar-refractivity contribution in [1.29, 1.82) is 0 Å². The van der Waals surface area contributed by atoms with Gasteiger partial charge in [0.25, 0.3) is 5.91 Å². The summed E-state index contributed by atoms with van der Waals surface area (Å²) in [6, 6.07) is 13.2. The summed E-state index contributed by atoms with van der Waals surface area (Å²) in [5.41, 5.74) is 3.15. The lowest BCUT2D eigenvalue weighted by molar-refractivity contribution is -0.138. The minimum Gasteiger partial charge on any atom is -0.337 e. The Labute approximate surface area is 144 Å². The third-order valence-electron chi connectivity index (χ3n) is 5.87. The van der Waals surface area contributed by atoms with Crippen LogP contribution in [0.15, 0.2) is 42.5 Å². The second kappa shape index (κ2) is 4.36. The number of nitrogens with one attached hydrogen (secondary N) is 1. The predicted molar refractivity (Wildman–Crippen MR) is 89.9 cm³/mol. The van der Waals surface area contributed by atoms with Crippen molar-refractivity contribution in [2.75, 3.05) is 7.05 Å². The molecule has 1 fully saturated rings. The van der Waals surface area contributed by atoms with Gasteiger partial charge in [-0.15, -0.1) is 0 Å². The molecule has 2 aliphatic heterocycles. The highest BCUT2D eigenvalue weighted by atomic mass is 16.2. The van der Waals surface area contributed by atoms with E-state index in [4.69, 9.17) is 0 Å². The Morgan fingerprint density at radius 2 is 1.76 bits per heavy atom. The number of hydrogen-bond acceptors (Lipinski definition) is 3. The van der Waals surface area contributed by atoms with Gasteiger partial charge in [0.1, 0.15) is 5.54 Å². The van der Waals surface area contributed by atoms with E-state index < -0.39 is 17.4 Å². The zero-order chi connectivity index (χ0) is 17.5. The van der Waals surface area contributed by atoms with E-state index in [0.29, 0.717) is 5.56 Å². The number of carbonyl (C=O) groups excluding carboxylic acids is 3. The summed E-state index contributed by atoms with van der Waals surface area (Å²) in [7, 11) is 1.52. The van der Waals surface area contributed by atoms with Gasteiger partial charge in [-0.1, -0.05) is 42.0 Å². The number of likely N-dealkylation sites (N-methyl/N-ethyl adjacent to an activating group) is 1. The van der Waals surface area contributed by atoms with Crippen molar-refractivity contribution in [1.82, 2.24) is 10.2 Å². The fourth-order valence-electron chi connectivity index (χ4n) is 4.81. The number of rotatable bonds is 0. The predicted octanol–water partition coefficient (Wildman–Crippen LogP) is 1.69. The lowest BCUT2D eigenvalue weighted by atomic mass is 9.76. The van der Waals surface area contributed by atoms with Crippen LogP contribution in [-0.2, 0) is 15.1 Å². The van der Waals surface area contributed by atoms with Crippen LogP contribution in [0, 0.1) is 12.8 Å². The van der Waals surface area contributed by atoms with E-state index in [9.17, 15) is 14.4 Å². The molecule has 0 saturated carbocycles. The maximum Gasteiger partial charge on any atom is 0.252 e. The van der Waals surface area contributed by atoms with E-state index in [2.05, 4.69) is 5.32 Å². The van der Waals surface area contributed by atoms with E-state index in [1.165, 1.54) is 11.9 Å². The number of amides is 3. The van der Waals surface area contributed by atoms with Crippen LogP contribution in [-0.4, -0.2) is 29.7 Å². The molecule has 1 aliphatic carbocycles. The molecule has 1 spiro atoms. The molecule has 5 heteroatoms. The van der Waals surface area contributed by atoms with Gasteiger partial charge in [-0.05, 0) is 29.7 Å². The molecule has 25 heavy (non-hydrogen) atoms. The Kier molecular flexibility index (Phi) is 2.51. The van der Waals surface area contributed by atoms with Gasteiger partial charge in [0.2, 0.25) is 11.8 Å². The lowest BCUT2D eigenvalue weighted by Gasteiger charge is -2.32. The maximum absolute atomic E-state index is 13.0. The van der Waals surface area contributed by atoms with Gasteiger partial charge < -0.3 is 5.32 Å². The number of benzene rings is 2. The molecule has 3 aliphatic rings. The third kappa shape index (κ3) is 1.47. The molecule has 2 aromatic rings. The van der Waals surface area contributed by atoms with E-state index in [0.717, 1.165) is 22.3 Å². The van der Waals surface area contributed by atoms with Gasteiger partial charge in [0, 0.05) is 12.6 Å². The van der Waals surface area contributed by atoms with Crippen LogP contribution < -0.4 is 5.32 Å². The first kappa shape index (κ1) is 14.4. The first-order valence-corrected chi connectivity index (χ1v) is 8.31. The van der Waals surface area contributed by atoms with Crippen molar-refractivity contribution in [2.45, 2.75) is 18.4 Å². The molecule has 2 aromatic carbocycles. The highest BCUT2D eigenvalue weighted by molar-refractivity contribution is 6.12. The maximum atomic E-state index is 13.0. The van der Waals surface area contributed by atoms with Crippen molar-refractivity contribution < 1.29 is 14.4 Å². The van der Waals surface area contributed by atoms with E-state index in [-0.39, 0.29) is 17.7 Å².